The molecule has 0 spiro atoms. The summed E-state index contributed by atoms with van der Waals surface area (Å²) < 4.78 is 0. The first kappa shape index (κ1) is 23.9. The number of carbonyl (C=O) groups excluding carboxylic acids is 2. The van der Waals surface area contributed by atoms with Gasteiger partial charge in [0.25, 0.3) is 0 Å². The van der Waals surface area contributed by atoms with Gasteiger partial charge in [-0.25, -0.2) is 9.97 Å². The average molecular weight is 465 g/mol. The maximum Gasteiger partial charge on any atom is 0.244 e. The number of thiophene rings is 1. The van der Waals surface area contributed by atoms with Crippen molar-refractivity contribution in [2.24, 2.45) is 0 Å². The quantitative estimate of drug-likeness (QED) is 0.256. The standard InChI is InChI=1S/C24H28N6O2S/c1-17-22(27-14-12-25-18(2)31)29-24(19-7-4-3-5-8-19)30-23(17)28-15-13-26-21(32)11-10-20-9-6-16-33-20/h3-11,16H,12-15H2,1-2H3,(H,25,31)(H,26,32)(H2,27,28,29,30). The molecule has 2 amide bonds. The number of nitrogens with zero attached hydrogens (tertiary/aromatic N) is 2. The highest BCUT2D eigenvalue weighted by Gasteiger charge is 2.12. The molecule has 0 radical (unpaired) electrons. The number of anilines is 2. The lowest BCUT2D eigenvalue weighted by molar-refractivity contribution is -0.119. The molecule has 0 atom stereocenters. The van der Waals surface area contributed by atoms with Crippen LogP contribution in [0.15, 0.2) is 53.9 Å². The second-order valence-corrected chi connectivity index (χ2v) is 8.19. The summed E-state index contributed by atoms with van der Waals surface area (Å²) >= 11 is 1.58. The van der Waals surface area contributed by atoms with Crippen molar-refractivity contribution in [3.8, 4) is 11.4 Å². The van der Waals surface area contributed by atoms with Crippen LogP contribution < -0.4 is 21.3 Å². The Morgan fingerprint density at radius 3 is 2.18 bits per heavy atom. The van der Waals surface area contributed by atoms with Gasteiger partial charge in [-0.3, -0.25) is 9.59 Å². The van der Waals surface area contributed by atoms with Crippen molar-refractivity contribution in [1.29, 1.82) is 0 Å². The molecule has 2 heterocycles. The van der Waals surface area contributed by atoms with Crippen LogP contribution >= 0.6 is 11.3 Å². The summed E-state index contributed by atoms with van der Waals surface area (Å²) in [6.07, 6.45) is 3.33. The third-order valence-electron chi connectivity index (χ3n) is 4.63. The van der Waals surface area contributed by atoms with Gasteiger partial charge in [0.2, 0.25) is 11.8 Å². The lowest BCUT2D eigenvalue weighted by Crippen LogP contribution is -2.28. The van der Waals surface area contributed by atoms with Gasteiger partial charge in [0.05, 0.1) is 0 Å². The molecule has 0 saturated heterocycles. The summed E-state index contributed by atoms with van der Waals surface area (Å²) in [6, 6.07) is 13.6. The van der Waals surface area contributed by atoms with E-state index in [0.29, 0.717) is 43.6 Å². The number of hydrogen-bond acceptors (Lipinski definition) is 7. The van der Waals surface area contributed by atoms with Crippen LogP contribution in [-0.4, -0.2) is 48.0 Å². The molecular formula is C24H28N6O2S. The van der Waals surface area contributed by atoms with Gasteiger partial charge in [0.15, 0.2) is 5.82 Å². The predicted octanol–water partition coefficient (Wildman–Crippen LogP) is 3.30. The van der Waals surface area contributed by atoms with E-state index in [1.807, 2.05) is 54.8 Å². The van der Waals surface area contributed by atoms with Crippen molar-refractivity contribution in [3.05, 3.63) is 64.4 Å². The lowest BCUT2D eigenvalue weighted by Gasteiger charge is -2.15. The molecule has 1 aromatic carbocycles. The molecule has 0 bridgehead atoms. The normalized spacial score (nSPS) is 10.7. The minimum atomic E-state index is -0.144. The van der Waals surface area contributed by atoms with Gasteiger partial charge in [-0.1, -0.05) is 36.4 Å². The number of rotatable bonds is 11. The van der Waals surface area contributed by atoms with Crippen LogP contribution in [0, 0.1) is 6.92 Å². The van der Waals surface area contributed by atoms with Crippen LogP contribution in [0.2, 0.25) is 0 Å². The Hall–Kier alpha value is -3.72. The second-order valence-electron chi connectivity index (χ2n) is 7.21. The SMILES string of the molecule is CC(=O)NCCNc1nc(-c2ccccc2)nc(NCCNC(=O)C=Cc2cccs2)c1C. The molecule has 0 unspecified atom stereocenters. The van der Waals surface area contributed by atoms with Crippen LogP contribution in [0.4, 0.5) is 11.6 Å². The molecule has 0 fully saturated rings. The number of carbonyl (C=O) groups is 2. The van der Waals surface area contributed by atoms with Gasteiger partial charge in [-0.05, 0) is 24.4 Å². The van der Waals surface area contributed by atoms with Crippen molar-refractivity contribution < 1.29 is 9.59 Å². The highest BCUT2D eigenvalue weighted by Crippen LogP contribution is 2.24. The highest BCUT2D eigenvalue weighted by molar-refractivity contribution is 7.10. The van der Waals surface area contributed by atoms with Crippen LogP contribution in [0.5, 0.6) is 0 Å². The lowest BCUT2D eigenvalue weighted by atomic mass is 10.2. The summed E-state index contributed by atoms with van der Waals surface area (Å²) in [4.78, 5) is 33.5. The molecule has 3 aromatic rings. The Kier molecular flexibility index (Phi) is 8.96. The summed E-state index contributed by atoms with van der Waals surface area (Å²) in [5.74, 6) is 1.76. The number of hydrogen-bond donors (Lipinski definition) is 4. The summed E-state index contributed by atoms with van der Waals surface area (Å²) in [5.41, 5.74) is 1.76. The Morgan fingerprint density at radius 2 is 1.58 bits per heavy atom. The molecule has 3 rings (SSSR count). The fourth-order valence-corrected chi connectivity index (χ4v) is 3.58. The molecule has 0 aliphatic rings. The fraction of sp³-hybridized carbons (Fsp3) is 0.250. The molecule has 0 saturated carbocycles. The van der Waals surface area contributed by atoms with Gasteiger partial charge in [0, 0.05) is 55.2 Å². The van der Waals surface area contributed by atoms with Crippen molar-refractivity contribution in [3.63, 3.8) is 0 Å². The van der Waals surface area contributed by atoms with Crippen molar-refractivity contribution in [2.75, 3.05) is 36.8 Å². The maximum absolute atomic E-state index is 12.0. The smallest absolute Gasteiger partial charge is 0.244 e. The first-order chi connectivity index (χ1) is 16.0. The molecule has 9 heteroatoms. The van der Waals surface area contributed by atoms with E-state index in [2.05, 4.69) is 31.2 Å². The molecule has 172 valence electrons. The summed E-state index contributed by atoms with van der Waals surface area (Å²) in [7, 11) is 0. The topological polar surface area (TPSA) is 108 Å². The van der Waals surface area contributed by atoms with Gasteiger partial charge in [-0.2, -0.15) is 0 Å². The minimum absolute atomic E-state index is 0.0733. The van der Waals surface area contributed by atoms with Gasteiger partial charge in [-0.15, -0.1) is 11.3 Å². The third kappa shape index (κ3) is 7.73. The number of benzene rings is 1. The first-order valence-corrected chi connectivity index (χ1v) is 11.6. The molecular weight excluding hydrogens is 436 g/mol. The molecule has 33 heavy (non-hydrogen) atoms. The zero-order valence-corrected chi connectivity index (χ0v) is 19.5. The first-order valence-electron chi connectivity index (χ1n) is 10.7. The van der Waals surface area contributed by atoms with E-state index in [1.54, 1.807) is 17.4 Å². The zero-order chi connectivity index (χ0) is 23.5. The van der Waals surface area contributed by atoms with Crippen molar-refractivity contribution in [2.45, 2.75) is 13.8 Å². The largest absolute Gasteiger partial charge is 0.368 e. The summed E-state index contributed by atoms with van der Waals surface area (Å²) in [5, 5.41) is 14.2. The van der Waals surface area contributed by atoms with E-state index in [1.165, 1.54) is 13.0 Å². The van der Waals surface area contributed by atoms with E-state index in [-0.39, 0.29) is 11.8 Å². The van der Waals surface area contributed by atoms with Gasteiger partial charge < -0.3 is 21.3 Å². The Morgan fingerprint density at radius 1 is 0.909 bits per heavy atom. The second kappa shape index (κ2) is 12.4. The number of amides is 2. The average Bonchev–Trinajstić information content (AvgIpc) is 3.34. The van der Waals surface area contributed by atoms with E-state index in [9.17, 15) is 9.59 Å². The van der Waals surface area contributed by atoms with E-state index in [0.717, 1.165) is 16.0 Å². The van der Waals surface area contributed by atoms with Gasteiger partial charge >= 0.3 is 0 Å². The number of nitrogens with one attached hydrogen (secondary N) is 4. The summed E-state index contributed by atoms with van der Waals surface area (Å²) in [6.45, 7) is 5.41. The molecule has 4 N–H and O–H groups in total. The highest BCUT2D eigenvalue weighted by atomic mass is 32.1. The van der Waals surface area contributed by atoms with Crippen LogP contribution in [-0.2, 0) is 9.59 Å². The number of aromatic nitrogens is 2. The Labute approximate surface area is 197 Å². The zero-order valence-electron chi connectivity index (χ0n) is 18.7. The molecule has 2 aromatic heterocycles. The third-order valence-corrected chi connectivity index (χ3v) is 5.47. The molecule has 0 aliphatic carbocycles. The van der Waals surface area contributed by atoms with Crippen molar-refractivity contribution >= 4 is 40.9 Å². The van der Waals surface area contributed by atoms with E-state index < -0.39 is 0 Å². The monoisotopic (exact) mass is 464 g/mol. The fourth-order valence-electron chi connectivity index (χ4n) is 2.97. The van der Waals surface area contributed by atoms with Crippen LogP contribution in [0.1, 0.15) is 17.4 Å². The maximum atomic E-state index is 12.0. The molecule has 0 aliphatic heterocycles. The van der Waals surface area contributed by atoms with E-state index >= 15 is 0 Å². The van der Waals surface area contributed by atoms with Gasteiger partial charge in [0.1, 0.15) is 11.6 Å². The van der Waals surface area contributed by atoms with Crippen LogP contribution in [0.25, 0.3) is 17.5 Å². The Balaban J connectivity index is 1.63. The molecule has 8 nitrogen and oxygen atoms in total. The van der Waals surface area contributed by atoms with Crippen LogP contribution in [0.3, 0.4) is 0 Å². The minimum Gasteiger partial charge on any atom is -0.368 e. The van der Waals surface area contributed by atoms with E-state index in [4.69, 9.17) is 0 Å². The van der Waals surface area contributed by atoms with Crippen molar-refractivity contribution in [1.82, 2.24) is 20.6 Å². The Bertz CT molecular complexity index is 1080. The predicted molar refractivity (Wildman–Crippen MR) is 134 cm³/mol.